The van der Waals surface area contributed by atoms with E-state index in [9.17, 15) is 0 Å². The molecule has 4 heteroatoms. The third kappa shape index (κ3) is 1.59. The number of aliphatic hydroxyl groups excluding tert-OH is 1. The summed E-state index contributed by atoms with van der Waals surface area (Å²) >= 11 is 6.01. The molecule has 0 amide bonds. The van der Waals surface area contributed by atoms with Crippen LogP contribution in [0.3, 0.4) is 0 Å². The molecule has 14 heavy (non-hydrogen) atoms. The zero-order valence-electron chi connectivity index (χ0n) is 7.66. The molecule has 3 nitrogen and oxygen atoms in total. The maximum Gasteiger partial charge on any atom is 0.141 e. The van der Waals surface area contributed by atoms with E-state index in [1.54, 1.807) is 6.07 Å². The first kappa shape index (κ1) is 9.77. The highest BCUT2D eigenvalue weighted by atomic mass is 35.5. The Morgan fingerprint density at radius 3 is 3.07 bits per heavy atom. The fraction of sp³-hybridized carbons (Fsp3) is 0.400. The van der Waals surface area contributed by atoms with Crippen molar-refractivity contribution in [2.45, 2.75) is 12.5 Å². The van der Waals surface area contributed by atoms with Gasteiger partial charge in [-0.3, -0.25) is 0 Å². The van der Waals surface area contributed by atoms with Crippen LogP contribution in [0.4, 0.5) is 0 Å². The second-order valence-electron chi connectivity index (χ2n) is 3.38. The van der Waals surface area contributed by atoms with Gasteiger partial charge in [0, 0.05) is 6.42 Å². The summed E-state index contributed by atoms with van der Waals surface area (Å²) in [6, 6.07) is 3.35. The van der Waals surface area contributed by atoms with Crippen LogP contribution in [0.25, 0.3) is 0 Å². The largest absolute Gasteiger partial charge is 0.491 e. The molecule has 0 bridgehead atoms. The van der Waals surface area contributed by atoms with E-state index < -0.39 is 0 Å². The summed E-state index contributed by atoms with van der Waals surface area (Å²) < 4.78 is 5.36. The highest BCUT2D eigenvalue weighted by Crippen LogP contribution is 2.35. The van der Waals surface area contributed by atoms with Gasteiger partial charge in [-0.2, -0.15) is 0 Å². The molecule has 0 fully saturated rings. The lowest BCUT2D eigenvalue weighted by atomic mass is 10.0. The molecule has 0 spiro atoms. The summed E-state index contributed by atoms with van der Waals surface area (Å²) in [6.07, 6.45) is 0.862. The van der Waals surface area contributed by atoms with Gasteiger partial charge in [-0.1, -0.05) is 17.7 Å². The lowest BCUT2D eigenvalue weighted by Crippen LogP contribution is -2.14. The van der Waals surface area contributed by atoms with Gasteiger partial charge in [0.15, 0.2) is 0 Å². The van der Waals surface area contributed by atoms with E-state index in [0.29, 0.717) is 11.6 Å². The molecule has 2 rings (SSSR count). The Hall–Kier alpha value is -0.770. The number of hydrogen-bond acceptors (Lipinski definition) is 3. The minimum atomic E-state index is -0.363. The molecule has 1 aliphatic heterocycles. The van der Waals surface area contributed by atoms with E-state index in [1.165, 1.54) is 0 Å². The molecule has 3 N–H and O–H groups in total. The smallest absolute Gasteiger partial charge is 0.141 e. The summed E-state index contributed by atoms with van der Waals surface area (Å²) in [6.45, 7) is 0.600. The predicted molar refractivity (Wildman–Crippen MR) is 54.7 cm³/mol. The lowest BCUT2D eigenvalue weighted by molar-refractivity contribution is 0.268. The van der Waals surface area contributed by atoms with Crippen molar-refractivity contribution in [1.29, 1.82) is 0 Å². The summed E-state index contributed by atoms with van der Waals surface area (Å²) in [4.78, 5) is 0. The van der Waals surface area contributed by atoms with Crippen LogP contribution in [0.15, 0.2) is 12.1 Å². The van der Waals surface area contributed by atoms with Gasteiger partial charge < -0.3 is 15.6 Å². The standard InChI is InChI=1S/C10H12ClNO2/c11-8-4-7(9(12)5-13)3-6-1-2-14-10(6)8/h3-4,9,13H,1-2,5,12H2/t9-/m1/s1. The number of ether oxygens (including phenoxy) is 1. The molecule has 1 heterocycles. The summed E-state index contributed by atoms with van der Waals surface area (Å²) in [5, 5.41) is 9.51. The quantitative estimate of drug-likeness (QED) is 0.778. The molecule has 1 aliphatic rings. The van der Waals surface area contributed by atoms with Crippen LogP contribution >= 0.6 is 11.6 Å². The highest BCUT2D eigenvalue weighted by molar-refractivity contribution is 6.32. The Bertz CT molecular complexity index is 354. The fourth-order valence-electron chi connectivity index (χ4n) is 1.60. The Kier molecular flexibility index (Phi) is 2.63. The minimum Gasteiger partial charge on any atom is -0.491 e. The van der Waals surface area contributed by atoms with Crippen LogP contribution in [0.5, 0.6) is 5.75 Å². The molecular weight excluding hydrogens is 202 g/mol. The normalized spacial score (nSPS) is 16.2. The molecule has 0 aliphatic carbocycles. The van der Waals surface area contributed by atoms with Gasteiger partial charge in [0.1, 0.15) is 5.75 Å². The van der Waals surface area contributed by atoms with Crippen molar-refractivity contribution in [1.82, 2.24) is 0 Å². The Labute approximate surface area is 87.4 Å². The first-order valence-corrected chi connectivity index (χ1v) is 4.91. The average molecular weight is 214 g/mol. The predicted octanol–water partition coefficient (Wildman–Crippen LogP) is 1.27. The van der Waals surface area contributed by atoms with Gasteiger partial charge in [-0.05, 0) is 17.2 Å². The first-order chi connectivity index (χ1) is 6.72. The number of halogens is 1. The number of fused-ring (bicyclic) bond motifs is 1. The monoisotopic (exact) mass is 213 g/mol. The van der Waals surface area contributed by atoms with Gasteiger partial charge in [-0.15, -0.1) is 0 Å². The van der Waals surface area contributed by atoms with Crippen molar-refractivity contribution in [3.63, 3.8) is 0 Å². The van der Waals surface area contributed by atoms with Crippen LogP contribution < -0.4 is 10.5 Å². The van der Waals surface area contributed by atoms with Crippen LogP contribution in [-0.2, 0) is 6.42 Å². The van der Waals surface area contributed by atoms with Crippen molar-refractivity contribution in [3.8, 4) is 5.75 Å². The molecule has 1 atom stereocenters. The maximum absolute atomic E-state index is 8.93. The van der Waals surface area contributed by atoms with E-state index in [-0.39, 0.29) is 12.6 Å². The van der Waals surface area contributed by atoms with Crippen molar-refractivity contribution in [2.75, 3.05) is 13.2 Å². The van der Waals surface area contributed by atoms with E-state index in [4.69, 9.17) is 27.2 Å². The first-order valence-electron chi connectivity index (χ1n) is 4.54. The maximum atomic E-state index is 8.93. The number of benzene rings is 1. The third-order valence-electron chi connectivity index (χ3n) is 2.39. The Balaban J connectivity index is 2.41. The zero-order chi connectivity index (χ0) is 10.1. The van der Waals surface area contributed by atoms with Crippen LogP contribution in [0.2, 0.25) is 5.02 Å². The highest BCUT2D eigenvalue weighted by Gasteiger charge is 2.18. The van der Waals surface area contributed by atoms with Crippen molar-refractivity contribution in [2.24, 2.45) is 5.73 Å². The van der Waals surface area contributed by atoms with Crippen LogP contribution in [0.1, 0.15) is 17.2 Å². The number of rotatable bonds is 2. The number of hydrogen-bond donors (Lipinski definition) is 2. The Morgan fingerprint density at radius 2 is 2.36 bits per heavy atom. The van der Waals surface area contributed by atoms with Gasteiger partial charge in [0.25, 0.3) is 0 Å². The van der Waals surface area contributed by atoms with Gasteiger partial charge in [0.2, 0.25) is 0 Å². The molecule has 0 aromatic heterocycles. The van der Waals surface area contributed by atoms with E-state index in [0.717, 1.165) is 23.3 Å². The minimum absolute atomic E-state index is 0.0734. The second kappa shape index (κ2) is 3.77. The summed E-state index contributed by atoms with van der Waals surface area (Å²) in [5.74, 6) is 0.764. The van der Waals surface area contributed by atoms with Crippen LogP contribution in [-0.4, -0.2) is 18.3 Å². The topological polar surface area (TPSA) is 55.5 Å². The summed E-state index contributed by atoms with van der Waals surface area (Å²) in [5.41, 5.74) is 7.65. The molecule has 0 saturated carbocycles. The molecule has 1 aromatic carbocycles. The second-order valence-corrected chi connectivity index (χ2v) is 3.79. The lowest BCUT2D eigenvalue weighted by Gasteiger charge is -2.11. The van der Waals surface area contributed by atoms with Gasteiger partial charge in [-0.25, -0.2) is 0 Å². The fourth-order valence-corrected chi connectivity index (χ4v) is 1.91. The van der Waals surface area contributed by atoms with E-state index in [1.807, 2.05) is 6.07 Å². The van der Waals surface area contributed by atoms with E-state index in [2.05, 4.69) is 0 Å². The van der Waals surface area contributed by atoms with E-state index >= 15 is 0 Å². The van der Waals surface area contributed by atoms with Crippen molar-refractivity contribution in [3.05, 3.63) is 28.3 Å². The molecule has 1 aromatic rings. The third-order valence-corrected chi connectivity index (χ3v) is 2.67. The molecule has 0 unspecified atom stereocenters. The number of aliphatic hydroxyl groups is 1. The van der Waals surface area contributed by atoms with Crippen LogP contribution in [0, 0.1) is 0 Å². The SMILES string of the molecule is N[C@H](CO)c1cc(Cl)c2c(c1)CCO2. The van der Waals surface area contributed by atoms with Crippen molar-refractivity contribution >= 4 is 11.6 Å². The van der Waals surface area contributed by atoms with Gasteiger partial charge >= 0.3 is 0 Å². The molecule has 0 radical (unpaired) electrons. The summed E-state index contributed by atoms with van der Waals surface area (Å²) in [7, 11) is 0. The zero-order valence-corrected chi connectivity index (χ0v) is 8.42. The molecular formula is C10H12ClNO2. The Morgan fingerprint density at radius 1 is 1.57 bits per heavy atom. The molecule has 0 saturated heterocycles. The average Bonchev–Trinajstić information content (AvgIpc) is 2.64. The van der Waals surface area contributed by atoms with Gasteiger partial charge in [0.05, 0.1) is 24.3 Å². The molecule has 76 valence electrons. The van der Waals surface area contributed by atoms with Crippen molar-refractivity contribution < 1.29 is 9.84 Å². The number of nitrogens with two attached hydrogens (primary N) is 1.